The van der Waals surface area contributed by atoms with Crippen LogP contribution in [0.2, 0.25) is 0 Å². The van der Waals surface area contributed by atoms with Gasteiger partial charge in [-0.25, -0.2) is 4.79 Å². The number of carbonyl (C=O) groups is 1. The van der Waals surface area contributed by atoms with Crippen molar-refractivity contribution in [3.63, 3.8) is 0 Å². The second-order valence-electron chi connectivity index (χ2n) is 6.42. The molecule has 2 aromatic rings. The molecule has 0 spiro atoms. The Morgan fingerprint density at radius 1 is 1.15 bits per heavy atom. The number of para-hydroxylation sites is 1. The van der Waals surface area contributed by atoms with Crippen LogP contribution in [0.25, 0.3) is 0 Å². The normalized spacial score (nSPS) is 14.9. The second kappa shape index (κ2) is 9.20. The molecule has 0 aliphatic carbocycles. The van der Waals surface area contributed by atoms with E-state index in [-0.39, 0.29) is 6.03 Å². The lowest BCUT2D eigenvalue weighted by molar-refractivity contribution is 0.135. The molecule has 1 aromatic heterocycles. The zero-order valence-corrected chi connectivity index (χ0v) is 15.2. The highest BCUT2D eigenvalue weighted by atomic mass is 16.5. The van der Waals surface area contributed by atoms with E-state index < -0.39 is 0 Å². The molecular formula is C20H26N4O2. The van der Waals surface area contributed by atoms with Gasteiger partial charge in [-0.2, -0.15) is 0 Å². The predicted molar refractivity (Wildman–Crippen MR) is 101 cm³/mol. The first kappa shape index (κ1) is 18.2. The molecule has 1 saturated heterocycles. The van der Waals surface area contributed by atoms with Crippen LogP contribution < -0.4 is 10.1 Å². The molecule has 6 heteroatoms. The average molecular weight is 354 g/mol. The number of amides is 2. The Kier molecular flexibility index (Phi) is 6.44. The van der Waals surface area contributed by atoms with Gasteiger partial charge in [-0.15, -0.1) is 0 Å². The van der Waals surface area contributed by atoms with E-state index in [4.69, 9.17) is 4.74 Å². The van der Waals surface area contributed by atoms with Crippen molar-refractivity contribution in [2.45, 2.75) is 13.0 Å². The van der Waals surface area contributed by atoms with E-state index in [1.165, 1.54) is 5.56 Å². The Hall–Kier alpha value is -2.60. The van der Waals surface area contributed by atoms with Gasteiger partial charge in [0.1, 0.15) is 5.75 Å². The predicted octanol–water partition coefficient (Wildman–Crippen LogP) is 2.16. The lowest BCUT2D eigenvalue weighted by Gasteiger charge is -2.34. The first-order chi connectivity index (χ1) is 12.8. The highest BCUT2D eigenvalue weighted by Gasteiger charge is 2.20. The Balaban J connectivity index is 1.39. The van der Waals surface area contributed by atoms with Crippen LogP contribution in [0.15, 0.2) is 48.8 Å². The molecular weight excluding hydrogens is 328 g/mol. The maximum absolute atomic E-state index is 12.4. The molecule has 2 heterocycles. The number of hydrogen-bond acceptors (Lipinski definition) is 4. The Bertz CT molecular complexity index is 700. The quantitative estimate of drug-likeness (QED) is 0.864. The maximum Gasteiger partial charge on any atom is 0.317 e. The van der Waals surface area contributed by atoms with E-state index in [9.17, 15) is 4.79 Å². The Labute approximate surface area is 154 Å². The van der Waals surface area contributed by atoms with Crippen LogP contribution in [-0.4, -0.2) is 60.6 Å². The molecule has 0 bridgehead atoms. The van der Waals surface area contributed by atoms with Gasteiger partial charge >= 0.3 is 6.03 Å². The summed E-state index contributed by atoms with van der Waals surface area (Å²) in [4.78, 5) is 20.8. The minimum atomic E-state index is 0.0147. The number of nitrogens with one attached hydrogen (secondary N) is 1. The molecule has 1 aliphatic rings. The summed E-state index contributed by atoms with van der Waals surface area (Å²) in [5.41, 5.74) is 2.32. The number of carbonyl (C=O) groups excluding carboxylic acids is 1. The number of hydrogen-bond donors (Lipinski definition) is 1. The van der Waals surface area contributed by atoms with E-state index in [2.05, 4.69) is 21.3 Å². The monoisotopic (exact) mass is 354 g/mol. The van der Waals surface area contributed by atoms with E-state index in [1.807, 2.05) is 41.4 Å². The summed E-state index contributed by atoms with van der Waals surface area (Å²) >= 11 is 0. The number of aromatic nitrogens is 1. The summed E-state index contributed by atoms with van der Waals surface area (Å²) < 4.78 is 5.35. The number of pyridine rings is 1. The van der Waals surface area contributed by atoms with Crippen molar-refractivity contribution >= 4 is 6.03 Å². The lowest BCUT2D eigenvalue weighted by Crippen LogP contribution is -2.51. The van der Waals surface area contributed by atoms with Gasteiger partial charge in [0.25, 0.3) is 0 Å². The molecule has 6 nitrogen and oxygen atoms in total. The largest absolute Gasteiger partial charge is 0.496 e. The van der Waals surface area contributed by atoms with Gasteiger partial charge in [-0.3, -0.25) is 9.88 Å². The Morgan fingerprint density at radius 3 is 2.69 bits per heavy atom. The van der Waals surface area contributed by atoms with E-state index >= 15 is 0 Å². The SMILES string of the molecule is COc1ccccc1CCNC(=O)N1CCN(Cc2cccnc2)CC1. The number of ether oxygens (including phenoxy) is 1. The molecule has 0 atom stereocenters. The van der Waals surface area contributed by atoms with Crippen LogP contribution in [0, 0.1) is 0 Å². The standard InChI is InChI=1S/C20H26N4O2/c1-26-19-7-3-2-6-18(19)8-10-22-20(25)24-13-11-23(12-14-24)16-17-5-4-9-21-15-17/h2-7,9,15H,8,10-14,16H2,1H3,(H,22,25). The molecule has 26 heavy (non-hydrogen) atoms. The zero-order valence-electron chi connectivity index (χ0n) is 15.2. The second-order valence-corrected chi connectivity index (χ2v) is 6.42. The van der Waals surface area contributed by atoms with Gasteiger partial charge < -0.3 is 15.0 Å². The van der Waals surface area contributed by atoms with Crippen LogP contribution in [-0.2, 0) is 13.0 Å². The number of piperazine rings is 1. The first-order valence-corrected chi connectivity index (χ1v) is 9.02. The number of urea groups is 1. The molecule has 1 fully saturated rings. The molecule has 0 unspecified atom stereocenters. The van der Waals surface area contributed by atoms with Crippen molar-refractivity contribution in [2.75, 3.05) is 39.8 Å². The van der Waals surface area contributed by atoms with Gasteiger partial charge in [0.2, 0.25) is 0 Å². The fourth-order valence-electron chi connectivity index (χ4n) is 3.18. The van der Waals surface area contributed by atoms with Gasteiger partial charge in [-0.1, -0.05) is 24.3 Å². The number of benzene rings is 1. The number of nitrogens with zero attached hydrogens (tertiary/aromatic N) is 3. The molecule has 1 aliphatic heterocycles. The highest BCUT2D eigenvalue weighted by Crippen LogP contribution is 2.17. The van der Waals surface area contributed by atoms with E-state index in [0.29, 0.717) is 6.54 Å². The Morgan fingerprint density at radius 2 is 1.96 bits per heavy atom. The third-order valence-electron chi connectivity index (χ3n) is 4.65. The van der Waals surface area contributed by atoms with Gasteiger partial charge in [0.05, 0.1) is 7.11 Å². The summed E-state index contributed by atoms with van der Waals surface area (Å²) in [7, 11) is 1.67. The third kappa shape index (κ3) is 4.95. The van der Waals surface area contributed by atoms with E-state index in [0.717, 1.165) is 50.5 Å². The van der Waals surface area contributed by atoms with Crippen molar-refractivity contribution in [2.24, 2.45) is 0 Å². The van der Waals surface area contributed by atoms with Gasteiger partial charge in [-0.05, 0) is 29.7 Å². The van der Waals surface area contributed by atoms with Crippen LogP contribution in [0.5, 0.6) is 5.75 Å². The van der Waals surface area contributed by atoms with Crippen LogP contribution in [0.3, 0.4) is 0 Å². The molecule has 138 valence electrons. The molecule has 0 saturated carbocycles. The van der Waals surface area contributed by atoms with Crippen LogP contribution >= 0.6 is 0 Å². The number of rotatable bonds is 6. The average Bonchev–Trinajstić information content (AvgIpc) is 2.69. The summed E-state index contributed by atoms with van der Waals surface area (Å²) in [6, 6.07) is 12.0. The van der Waals surface area contributed by atoms with Crippen molar-refractivity contribution in [3.8, 4) is 5.75 Å². The smallest absolute Gasteiger partial charge is 0.317 e. The van der Waals surface area contributed by atoms with Gasteiger partial charge in [0, 0.05) is 51.7 Å². The minimum absolute atomic E-state index is 0.0147. The van der Waals surface area contributed by atoms with E-state index in [1.54, 1.807) is 13.3 Å². The van der Waals surface area contributed by atoms with Crippen molar-refractivity contribution in [1.82, 2.24) is 20.1 Å². The lowest BCUT2D eigenvalue weighted by atomic mass is 10.1. The molecule has 3 rings (SSSR count). The van der Waals surface area contributed by atoms with Crippen molar-refractivity contribution in [3.05, 3.63) is 59.9 Å². The first-order valence-electron chi connectivity index (χ1n) is 9.02. The topological polar surface area (TPSA) is 57.7 Å². The minimum Gasteiger partial charge on any atom is -0.496 e. The molecule has 0 radical (unpaired) electrons. The summed E-state index contributed by atoms with van der Waals surface area (Å²) in [5.74, 6) is 0.866. The van der Waals surface area contributed by atoms with Crippen molar-refractivity contribution < 1.29 is 9.53 Å². The molecule has 1 N–H and O–H groups in total. The van der Waals surface area contributed by atoms with Crippen LogP contribution in [0.4, 0.5) is 4.79 Å². The third-order valence-corrected chi connectivity index (χ3v) is 4.65. The highest BCUT2D eigenvalue weighted by molar-refractivity contribution is 5.74. The fourth-order valence-corrected chi connectivity index (χ4v) is 3.18. The van der Waals surface area contributed by atoms with Crippen molar-refractivity contribution in [1.29, 1.82) is 0 Å². The van der Waals surface area contributed by atoms with Crippen LogP contribution in [0.1, 0.15) is 11.1 Å². The number of methoxy groups -OCH3 is 1. The molecule has 2 amide bonds. The summed E-state index contributed by atoms with van der Waals surface area (Å²) in [6.45, 7) is 4.76. The zero-order chi connectivity index (χ0) is 18.2. The summed E-state index contributed by atoms with van der Waals surface area (Å²) in [6.07, 6.45) is 4.45. The maximum atomic E-state index is 12.4. The van der Waals surface area contributed by atoms with Gasteiger partial charge in [0.15, 0.2) is 0 Å². The summed E-state index contributed by atoms with van der Waals surface area (Å²) in [5, 5.41) is 3.02. The molecule has 1 aromatic carbocycles. The fraction of sp³-hybridized carbons (Fsp3) is 0.400.